The summed E-state index contributed by atoms with van der Waals surface area (Å²) >= 11 is 0. The van der Waals surface area contributed by atoms with Gasteiger partial charge >= 0.3 is 0 Å². The predicted octanol–water partition coefficient (Wildman–Crippen LogP) is 4.03. The van der Waals surface area contributed by atoms with E-state index >= 15 is 0 Å². The Morgan fingerprint density at radius 2 is 1.88 bits per heavy atom. The van der Waals surface area contributed by atoms with Crippen molar-refractivity contribution in [3.05, 3.63) is 71.9 Å². The second kappa shape index (κ2) is 5.34. The largest absolute Gasteiger partial charge is 0.361 e. The zero-order valence-electron chi connectivity index (χ0n) is 13.4. The molecular formula is C20H16N4O. The quantitative estimate of drug-likeness (QED) is 0.520. The third-order valence-corrected chi connectivity index (χ3v) is 4.87. The molecule has 0 saturated carbocycles. The van der Waals surface area contributed by atoms with Gasteiger partial charge in [0.05, 0.1) is 5.69 Å². The third kappa shape index (κ3) is 2.16. The van der Waals surface area contributed by atoms with Crippen molar-refractivity contribution in [3.63, 3.8) is 0 Å². The fourth-order valence-electron chi connectivity index (χ4n) is 3.76. The van der Waals surface area contributed by atoms with E-state index < -0.39 is 0 Å². The molecule has 5 nitrogen and oxygen atoms in total. The van der Waals surface area contributed by atoms with Crippen LogP contribution in [-0.2, 0) is 4.79 Å². The van der Waals surface area contributed by atoms with Crippen molar-refractivity contribution in [1.82, 2.24) is 15.2 Å². The molecule has 5 rings (SSSR count). The number of aromatic nitrogens is 3. The lowest BCUT2D eigenvalue weighted by molar-refractivity contribution is -0.116. The fourth-order valence-corrected chi connectivity index (χ4v) is 3.76. The summed E-state index contributed by atoms with van der Waals surface area (Å²) in [5, 5.41) is 11.5. The standard InChI is InChI=1S/C20H16N4O/c25-17-11-15(13-7-4-8-16-14(13)9-10-21-16)18-19(23-24-20(18)22-17)12-5-2-1-3-6-12/h1-10,15,21H,11H2,(H2,22,23,24,25). The first-order valence-electron chi connectivity index (χ1n) is 8.31. The topological polar surface area (TPSA) is 73.6 Å². The van der Waals surface area contributed by atoms with Crippen LogP contribution in [0.2, 0.25) is 0 Å². The first-order valence-corrected chi connectivity index (χ1v) is 8.31. The number of hydrogen-bond donors (Lipinski definition) is 3. The number of benzene rings is 2. The molecule has 1 amide bonds. The van der Waals surface area contributed by atoms with E-state index in [9.17, 15) is 4.79 Å². The molecule has 1 aliphatic rings. The molecule has 0 radical (unpaired) electrons. The molecule has 1 aliphatic heterocycles. The number of anilines is 1. The molecule has 4 aromatic rings. The highest BCUT2D eigenvalue weighted by Crippen LogP contribution is 2.43. The first-order chi connectivity index (χ1) is 12.3. The fraction of sp³-hybridized carbons (Fsp3) is 0.100. The number of nitrogens with zero attached hydrogens (tertiary/aromatic N) is 1. The summed E-state index contributed by atoms with van der Waals surface area (Å²) in [4.78, 5) is 15.5. The third-order valence-electron chi connectivity index (χ3n) is 4.87. The molecular weight excluding hydrogens is 312 g/mol. The molecule has 0 fully saturated rings. The highest BCUT2D eigenvalue weighted by molar-refractivity contribution is 5.97. The van der Waals surface area contributed by atoms with Gasteiger partial charge in [-0.3, -0.25) is 9.89 Å². The zero-order valence-corrected chi connectivity index (χ0v) is 13.4. The molecule has 0 saturated heterocycles. The van der Waals surface area contributed by atoms with Crippen LogP contribution in [0.4, 0.5) is 5.82 Å². The van der Waals surface area contributed by atoms with Crippen LogP contribution in [0.1, 0.15) is 23.5 Å². The number of carbonyl (C=O) groups excluding carboxylic acids is 1. The minimum absolute atomic E-state index is 0.00356. The van der Waals surface area contributed by atoms with Gasteiger partial charge in [-0.2, -0.15) is 5.10 Å². The van der Waals surface area contributed by atoms with E-state index in [4.69, 9.17) is 0 Å². The molecule has 3 heterocycles. The number of aromatic amines is 2. The number of amides is 1. The predicted molar refractivity (Wildman–Crippen MR) is 97.4 cm³/mol. The molecule has 2 aromatic heterocycles. The van der Waals surface area contributed by atoms with Gasteiger partial charge in [0.1, 0.15) is 0 Å². The van der Waals surface area contributed by atoms with Crippen molar-refractivity contribution >= 4 is 22.6 Å². The van der Waals surface area contributed by atoms with Crippen LogP contribution in [0.5, 0.6) is 0 Å². The van der Waals surface area contributed by atoms with E-state index in [0.29, 0.717) is 12.2 Å². The Balaban J connectivity index is 1.74. The Morgan fingerprint density at radius 1 is 1.00 bits per heavy atom. The summed E-state index contributed by atoms with van der Waals surface area (Å²) in [7, 11) is 0. The smallest absolute Gasteiger partial charge is 0.226 e. The zero-order chi connectivity index (χ0) is 16.8. The summed E-state index contributed by atoms with van der Waals surface area (Å²) in [6.07, 6.45) is 2.35. The summed E-state index contributed by atoms with van der Waals surface area (Å²) in [5.41, 5.74) is 5.31. The Hall–Kier alpha value is -3.34. The van der Waals surface area contributed by atoms with Crippen LogP contribution in [0.15, 0.2) is 60.8 Å². The van der Waals surface area contributed by atoms with Gasteiger partial charge in [0.15, 0.2) is 5.82 Å². The molecule has 2 aromatic carbocycles. The minimum atomic E-state index is -0.0304. The second-order valence-corrected chi connectivity index (χ2v) is 6.32. The lowest BCUT2D eigenvalue weighted by atomic mass is 9.83. The van der Waals surface area contributed by atoms with E-state index in [1.807, 2.05) is 30.5 Å². The van der Waals surface area contributed by atoms with Gasteiger partial charge in [-0.05, 0) is 23.3 Å². The second-order valence-electron chi connectivity index (χ2n) is 6.32. The monoisotopic (exact) mass is 328 g/mol. The van der Waals surface area contributed by atoms with Crippen LogP contribution < -0.4 is 5.32 Å². The highest BCUT2D eigenvalue weighted by atomic mass is 16.1. The summed E-state index contributed by atoms with van der Waals surface area (Å²) in [6.45, 7) is 0. The lowest BCUT2D eigenvalue weighted by Gasteiger charge is -2.24. The van der Waals surface area contributed by atoms with Gasteiger partial charge in [0, 0.05) is 35.0 Å². The average molecular weight is 328 g/mol. The lowest BCUT2D eigenvalue weighted by Crippen LogP contribution is -2.23. The maximum Gasteiger partial charge on any atom is 0.226 e. The first kappa shape index (κ1) is 14.0. The van der Waals surface area contributed by atoms with Crippen molar-refractivity contribution in [3.8, 4) is 11.3 Å². The maximum atomic E-state index is 12.3. The molecule has 1 unspecified atom stereocenters. The molecule has 5 heteroatoms. The van der Waals surface area contributed by atoms with Gasteiger partial charge in [-0.25, -0.2) is 0 Å². The van der Waals surface area contributed by atoms with Crippen LogP contribution >= 0.6 is 0 Å². The van der Waals surface area contributed by atoms with E-state index in [-0.39, 0.29) is 11.8 Å². The molecule has 3 N–H and O–H groups in total. The summed E-state index contributed by atoms with van der Waals surface area (Å²) in [6, 6.07) is 18.4. The number of rotatable bonds is 2. The number of H-pyrrole nitrogens is 2. The van der Waals surface area contributed by atoms with Gasteiger partial charge in [-0.15, -0.1) is 0 Å². The average Bonchev–Trinajstić information content (AvgIpc) is 3.28. The highest BCUT2D eigenvalue weighted by Gasteiger charge is 2.32. The van der Waals surface area contributed by atoms with Crippen molar-refractivity contribution < 1.29 is 4.79 Å². The van der Waals surface area contributed by atoms with Gasteiger partial charge in [0.2, 0.25) is 5.91 Å². The van der Waals surface area contributed by atoms with Gasteiger partial charge < -0.3 is 10.3 Å². The minimum Gasteiger partial charge on any atom is -0.361 e. The molecule has 122 valence electrons. The van der Waals surface area contributed by atoms with Crippen LogP contribution in [0.25, 0.3) is 22.2 Å². The molecule has 0 spiro atoms. The van der Waals surface area contributed by atoms with E-state index in [1.54, 1.807) is 0 Å². The number of carbonyl (C=O) groups is 1. The van der Waals surface area contributed by atoms with E-state index in [0.717, 1.165) is 33.3 Å². The van der Waals surface area contributed by atoms with Crippen molar-refractivity contribution in [2.24, 2.45) is 0 Å². The molecule has 25 heavy (non-hydrogen) atoms. The van der Waals surface area contributed by atoms with Crippen molar-refractivity contribution in [1.29, 1.82) is 0 Å². The summed E-state index contributed by atoms with van der Waals surface area (Å²) < 4.78 is 0. The number of hydrogen-bond acceptors (Lipinski definition) is 2. The summed E-state index contributed by atoms with van der Waals surface area (Å²) in [5.74, 6) is 0.598. The Bertz CT molecular complexity index is 1080. The Morgan fingerprint density at radius 3 is 2.76 bits per heavy atom. The SMILES string of the molecule is O=C1CC(c2cccc3[nH]ccc23)c2c(n[nH]c2-c2ccccc2)N1. The normalized spacial score (nSPS) is 16.6. The van der Waals surface area contributed by atoms with E-state index in [2.05, 4.69) is 50.8 Å². The maximum absolute atomic E-state index is 12.3. The van der Waals surface area contributed by atoms with Crippen molar-refractivity contribution in [2.75, 3.05) is 5.32 Å². The molecule has 1 atom stereocenters. The Kier molecular flexibility index (Phi) is 3.00. The number of nitrogens with one attached hydrogen (secondary N) is 3. The van der Waals surface area contributed by atoms with Crippen LogP contribution in [-0.4, -0.2) is 21.1 Å². The molecule has 0 bridgehead atoms. The van der Waals surface area contributed by atoms with Gasteiger partial charge in [-0.1, -0.05) is 42.5 Å². The Labute approximate surface area is 144 Å². The van der Waals surface area contributed by atoms with Crippen LogP contribution in [0.3, 0.4) is 0 Å². The number of fused-ring (bicyclic) bond motifs is 2. The van der Waals surface area contributed by atoms with Gasteiger partial charge in [0.25, 0.3) is 0 Å². The van der Waals surface area contributed by atoms with Crippen LogP contribution in [0, 0.1) is 0 Å². The van der Waals surface area contributed by atoms with Crippen molar-refractivity contribution in [2.45, 2.75) is 12.3 Å². The van der Waals surface area contributed by atoms with E-state index in [1.165, 1.54) is 0 Å². The molecule has 0 aliphatic carbocycles.